The molecule has 0 saturated heterocycles. The molecule has 3 aromatic rings. The van der Waals surface area contributed by atoms with Crippen LogP contribution in [0.15, 0.2) is 96.4 Å². The molecule has 0 saturated carbocycles. The minimum absolute atomic E-state index is 0.836. The van der Waals surface area contributed by atoms with Crippen molar-refractivity contribution in [3.63, 3.8) is 0 Å². The van der Waals surface area contributed by atoms with E-state index in [1.807, 2.05) is 91.0 Å². The lowest BCUT2D eigenvalue weighted by Crippen LogP contribution is -2.02. The topological polar surface area (TPSA) is 29.1 Å². The number of para-hydroxylation sites is 1. The van der Waals surface area contributed by atoms with E-state index in [9.17, 15) is 4.21 Å². The summed E-state index contributed by atoms with van der Waals surface area (Å²) >= 11 is 0. The van der Waals surface area contributed by atoms with Gasteiger partial charge in [-0.2, -0.15) is 0 Å². The van der Waals surface area contributed by atoms with Gasteiger partial charge in [-0.15, -0.1) is 0 Å². The van der Waals surface area contributed by atoms with E-state index < -0.39 is 11.0 Å². The Morgan fingerprint density at radius 3 is 1.61 bits per heavy atom. The zero-order chi connectivity index (χ0) is 15.9. The first-order chi connectivity index (χ1) is 11.3. The maximum atomic E-state index is 12.5. The van der Waals surface area contributed by atoms with Crippen LogP contribution < -0.4 is 4.72 Å². The fraction of sp³-hybridized carbons (Fsp3) is 0. The van der Waals surface area contributed by atoms with Gasteiger partial charge >= 0.3 is 0 Å². The molecule has 0 aliphatic heterocycles. The molecule has 0 radical (unpaired) electrons. The molecule has 1 N–H and O–H groups in total. The summed E-state index contributed by atoms with van der Waals surface area (Å²) in [5, 5.41) is 1.76. The Kier molecular flexibility index (Phi) is 5.02. The minimum atomic E-state index is -1.31. The molecular formula is C20H17NOS. The third kappa shape index (κ3) is 4.18. The Hall–Kier alpha value is -2.65. The fourth-order valence-corrected chi connectivity index (χ4v) is 3.21. The van der Waals surface area contributed by atoms with Crippen LogP contribution in [0.25, 0.3) is 5.57 Å². The summed E-state index contributed by atoms with van der Waals surface area (Å²) in [6.07, 6.45) is 0. The van der Waals surface area contributed by atoms with Gasteiger partial charge in [-0.25, -0.2) is 4.21 Å². The molecule has 114 valence electrons. The molecule has 3 aromatic carbocycles. The molecule has 1 atom stereocenters. The van der Waals surface area contributed by atoms with E-state index in [4.69, 9.17) is 0 Å². The summed E-state index contributed by atoms with van der Waals surface area (Å²) in [5.41, 5.74) is 3.87. The highest BCUT2D eigenvalue weighted by atomic mass is 32.2. The lowest BCUT2D eigenvalue weighted by Gasteiger charge is -2.09. The van der Waals surface area contributed by atoms with Crippen LogP contribution in [0.2, 0.25) is 0 Å². The molecule has 0 amide bonds. The van der Waals surface area contributed by atoms with E-state index >= 15 is 0 Å². The summed E-state index contributed by atoms with van der Waals surface area (Å²) in [6, 6.07) is 29.6. The second-order valence-corrected chi connectivity index (χ2v) is 6.06. The van der Waals surface area contributed by atoms with E-state index in [1.54, 1.807) is 5.41 Å². The highest BCUT2D eigenvalue weighted by Crippen LogP contribution is 2.24. The molecule has 3 heteroatoms. The molecule has 0 aromatic heterocycles. The zero-order valence-electron chi connectivity index (χ0n) is 12.6. The van der Waals surface area contributed by atoms with Crippen molar-refractivity contribution >= 4 is 22.2 Å². The van der Waals surface area contributed by atoms with Gasteiger partial charge in [0.2, 0.25) is 0 Å². The summed E-state index contributed by atoms with van der Waals surface area (Å²) in [4.78, 5) is 0. The smallest absolute Gasteiger partial charge is 0.143 e. The molecule has 0 fully saturated rings. The van der Waals surface area contributed by atoms with Crippen molar-refractivity contribution in [2.24, 2.45) is 0 Å². The third-order valence-electron chi connectivity index (χ3n) is 3.39. The summed E-state index contributed by atoms with van der Waals surface area (Å²) in [7, 11) is -1.31. The van der Waals surface area contributed by atoms with Gasteiger partial charge in [0.1, 0.15) is 11.0 Å². The number of hydrogen-bond donors (Lipinski definition) is 1. The van der Waals surface area contributed by atoms with Gasteiger partial charge < -0.3 is 4.72 Å². The first-order valence-electron chi connectivity index (χ1n) is 7.38. The number of anilines is 1. The second-order valence-electron chi connectivity index (χ2n) is 5.03. The standard InChI is InChI=1S/C20H17NOS/c22-23(21-19-14-8-3-9-15-19)16-20(17-10-4-1-5-11-17)18-12-6-2-7-13-18/h1-16,21H. The van der Waals surface area contributed by atoms with E-state index in [1.165, 1.54) is 0 Å². The first kappa shape index (κ1) is 15.3. The Balaban J connectivity index is 1.93. The summed E-state index contributed by atoms with van der Waals surface area (Å²) in [6.45, 7) is 0. The van der Waals surface area contributed by atoms with E-state index in [0.29, 0.717) is 0 Å². The van der Waals surface area contributed by atoms with Crippen LogP contribution in [0.1, 0.15) is 11.1 Å². The second kappa shape index (κ2) is 7.56. The SMILES string of the molecule is O=S(C=C(c1ccccc1)c1ccccc1)Nc1ccccc1. The van der Waals surface area contributed by atoms with Crippen LogP contribution in [-0.4, -0.2) is 4.21 Å². The van der Waals surface area contributed by atoms with Crippen molar-refractivity contribution in [2.75, 3.05) is 4.72 Å². The van der Waals surface area contributed by atoms with Crippen LogP contribution in [0, 0.1) is 0 Å². The Labute approximate surface area is 139 Å². The molecule has 1 unspecified atom stereocenters. The maximum absolute atomic E-state index is 12.5. The van der Waals surface area contributed by atoms with Crippen molar-refractivity contribution in [3.8, 4) is 0 Å². The van der Waals surface area contributed by atoms with Crippen LogP contribution in [0.5, 0.6) is 0 Å². The van der Waals surface area contributed by atoms with E-state index in [0.717, 1.165) is 22.4 Å². The largest absolute Gasteiger partial charge is 0.302 e. The average molecular weight is 319 g/mol. The molecule has 0 bridgehead atoms. The minimum Gasteiger partial charge on any atom is -0.302 e. The lowest BCUT2D eigenvalue weighted by atomic mass is 10.00. The van der Waals surface area contributed by atoms with E-state index in [2.05, 4.69) is 4.72 Å². The molecule has 2 nitrogen and oxygen atoms in total. The Bertz CT molecular complexity index is 757. The molecule has 3 rings (SSSR count). The Morgan fingerprint density at radius 2 is 1.13 bits per heavy atom. The Morgan fingerprint density at radius 1 is 0.696 bits per heavy atom. The molecule has 0 aliphatic carbocycles. The number of benzene rings is 3. The van der Waals surface area contributed by atoms with Crippen LogP contribution in [-0.2, 0) is 11.0 Å². The van der Waals surface area contributed by atoms with Gasteiger partial charge in [-0.1, -0.05) is 78.9 Å². The molecule has 0 heterocycles. The molecule has 23 heavy (non-hydrogen) atoms. The average Bonchev–Trinajstić information content (AvgIpc) is 2.62. The van der Waals surface area contributed by atoms with Gasteiger partial charge in [0.25, 0.3) is 0 Å². The molecule has 0 aliphatic rings. The van der Waals surface area contributed by atoms with Crippen molar-refractivity contribution in [1.29, 1.82) is 0 Å². The summed E-state index contributed by atoms with van der Waals surface area (Å²) in [5.74, 6) is 0. The fourth-order valence-electron chi connectivity index (χ4n) is 2.30. The van der Waals surface area contributed by atoms with Gasteiger partial charge in [0.15, 0.2) is 0 Å². The van der Waals surface area contributed by atoms with Crippen molar-refractivity contribution in [2.45, 2.75) is 0 Å². The van der Waals surface area contributed by atoms with Gasteiger partial charge in [0.05, 0.1) is 0 Å². The quantitative estimate of drug-likeness (QED) is 0.715. The molecular weight excluding hydrogens is 302 g/mol. The number of hydrogen-bond acceptors (Lipinski definition) is 1. The van der Waals surface area contributed by atoms with Gasteiger partial charge in [-0.05, 0) is 28.8 Å². The van der Waals surface area contributed by atoms with Crippen molar-refractivity contribution in [3.05, 3.63) is 108 Å². The van der Waals surface area contributed by atoms with Crippen LogP contribution in [0.3, 0.4) is 0 Å². The highest BCUT2D eigenvalue weighted by Gasteiger charge is 2.07. The molecule has 0 spiro atoms. The number of rotatable bonds is 5. The highest BCUT2D eigenvalue weighted by molar-refractivity contribution is 7.89. The normalized spacial score (nSPS) is 11.5. The monoisotopic (exact) mass is 319 g/mol. The summed E-state index contributed by atoms with van der Waals surface area (Å²) < 4.78 is 15.5. The maximum Gasteiger partial charge on any atom is 0.143 e. The van der Waals surface area contributed by atoms with Crippen LogP contribution >= 0.6 is 0 Å². The predicted molar refractivity (Wildman–Crippen MR) is 98.2 cm³/mol. The third-order valence-corrected chi connectivity index (χ3v) is 4.27. The van der Waals surface area contributed by atoms with Crippen molar-refractivity contribution < 1.29 is 4.21 Å². The van der Waals surface area contributed by atoms with E-state index in [-0.39, 0.29) is 0 Å². The predicted octanol–water partition coefficient (Wildman–Crippen LogP) is 4.85. The zero-order valence-corrected chi connectivity index (χ0v) is 13.4. The van der Waals surface area contributed by atoms with Crippen LogP contribution in [0.4, 0.5) is 5.69 Å². The van der Waals surface area contributed by atoms with Gasteiger partial charge in [-0.3, -0.25) is 0 Å². The lowest BCUT2D eigenvalue weighted by molar-refractivity contribution is 0.691. The van der Waals surface area contributed by atoms with Gasteiger partial charge in [0, 0.05) is 11.1 Å². The first-order valence-corrected chi connectivity index (χ1v) is 8.59. The van der Waals surface area contributed by atoms with Crippen molar-refractivity contribution in [1.82, 2.24) is 0 Å². The number of nitrogens with one attached hydrogen (secondary N) is 1.